The summed E-state index contributed by atoms with van der Waals surface area (Å²) in [4.78, 5) is 0. The Morgan fingerprint density at radius 1 is 1.64 bits per heavy atom. The second-order valence-corrected chi connectivity index (χ2v) is 2.74. The summed E-state index contributed by atoms with van der Waals surface area (Å²) in [6.45, 7) is 3.98. The fourth-order valence-electron chi connectivity index (χ4n) is 1.03. The van der Waals surface area contributed by atoms with Crippen LogP contribution in [0.2, 0.25) is 0 Å². The highest BCUT2D eigenvalue weighted by Gasteiger charge is 2.03. The number of ether oxygens (including phenoxy) is 1. The number of hydrogen-bond acceptors (Lipinski definition) is 2. The first-order valence-corrected chi connectivity index (χ1v) is 4.25. The predicted octanol–water partition coefficient (Wildman–Crippen LogP) is 1.92. The Hall–Kier alpha value is -1.72. The SMILES string of the molecule is C#CC(O)c1cccc(OCC=C)c1. The molecular weight excluding hydrogens is 176 g/mol. The molecule has 0 bridgehead atoms. The monoisotopic (exact) mass is 188 g/mol. The molecule has 0 aromatic heterocycles. The molecule has 1 unspecified atom stereocenters. The molecule has 0 spiro atoms. The van der Waals surface area contributed by atoms with E-state index in [1.165, 1.54) is 0 Å². The Morgan fingerprint density at radius 3 is 3.07 bits per heavy atom. The molecular formula is C12H12O2. The van der Waals surface area contributed by atoms with Crippen molar-refractivity contribution in [2.24, 2.45) is 0 Å². The minimum absolute atomic E-state index is 0.440. The van der Waals surface area contributed by atoms with Gasteiger partial charge in [0, 0.05) is 0 Å². The van der Waals surface area contributed by atoms with Crippen LogP contribution in [-0.2, 0) is 0 Å². The number of terminal acetylenes is 1. The highest BCUT2D eigenvalue weighted by atomic mass is 16.5. The van der Waals surface area contributed by atoms with E-state index in [-0.39, 0.29) is 0 Å². The van der Waals surface area contributed by atoms with Crippen molar-refractivity contribution in [2.75, 3.05) is 6.61 Å². The smallest absolute Gasteiger partial charge is 0.140 e. The van der Waals surface area contributed by atoms with Crippen LogP contribution in [0.1, 0.15) is 11.7 Å². The number of hydrogen-bond donors (Lipinski definition) is 1. The van der Waals surface area contributed by atoms with Gasteiger partial charge in [0.15, 0.2) is 0 Å². The first kappa shape index (κ1) is 10.4. The first-order chi connectivity index (χ1) is 6.77. The van der Waals surface area contributed by atoms with Gasteiger partial charge in [0.2, 0.25) is 0 Å². The molecule has 1 atom stereocenters. The lowest BCUT2D eigenvalue weighted by Crippen LogP contribution is -1.96. The van der Waals surface area contributed by atoms with Crippen LogP contribution in [0.4, 0.5) is 0 Å². The van der Waals surface area contributed by atoms with Crippen LogP contribution >= 0.6 is 0 Å². The van der Waals surface area contributed by atoms with Gasteiger partial charge in [-0.05, 0) is 17.7 Å². The molecule has 0 saturated heterocycles. The first-order valence-electron chi connectivity index (χ1n) is 4.25. The molecule has 0 aliphatic rings. The molecule has 0 amide bonds. The van der Waals surface area contributed by atoms with Gasteiger partial charge in [-0.3, -0.25) is 0 Å². The van der Waals surface area contributed by atoms with E-state index >= 15 is 0 Å². The van der Waals surface area contributed by atoms with Crippen LogP contribution in [0, 0.1) is 12.3 Å². The second-order valence-electron chi connectivity index (χ2n) is 2.74. The molecule has 0 saturated carbocycles. The van der Waals surface area contributed by atoms with Gasteiger partial charge in [-0.2, -0.15) is 0 Å². The minimum atomic E-state index is -0.873. The topological polar surface area (TPSA) is 29.5 Å². The Labute approximate surface area is 83.8 Å². The van der Waals surface area contributed by atoms with Crippen molar-refractivity contribution in [3.05, 3.63) is 42.5 Å². The van der Waals surface area contributed by atoms with Crippen molar-refractivity contribution >= 4 is 0 Å². The van der Waals surface area contributed by atoms with Crippen LogP contribution < -0.4 is 4.74 Å². The van der Waals surface area contributed by atoms with E-state index in [4.69, 9.17) is 11.2 Å². The molecule has 1 aromatic rings. The minimum Gasteiger partial charge on any atom is -0.490 e. The average Bonchev–Trinajstić information content (AvgIpc) is 2.25. The van der Waals surface area contributed by atoms with Crippen LogP contribution in [-0.4, -0.2) is 11.7 Å². The van der Waals surface area contributed by atoms with Gasteiger partial charge in [0.25, 0.3) is 0 Å². The van der Waals surface area contributed by atoms with Crippen LogP contribution in [0.25, 0.3) is 0 Å². The summed E-state index contributed by atoms with van der Waals surface area (Å²) >= 11 is 0. The summed E-state index contributed by atoms with van der Waals surface area (Å²) in [5, 5.41) is 9.37. The van der Waals surface area contributed by atoms with E-state index in [1.807, 2.05) is 0 Å². The Kier molecular flexibility index (Phi) is 3.78. The normalized spacial score (nSPS) is 11.4. The molecule has 1 N–H and O–H groups in total. The lowest BCUT2D eigenvalue weighted by molar-refractivity contribution is 0.237. The second kappa shape index (κ2) is 5.11. The molecule has 2 nitrogen and oxygen atoms in total. The van der Waals surface area contributed by atoms with Gasteiger partial charge >= 0.3 is 0 Å². The van der Waals surface area contributed by atoms with E-state index in [1.54, 1.807) is 30.3 Å². The maximum absolute atomic E-state index is 9.37. The summed E-state index contributed by atoms with van der Waals surface area (Å²) in [6.07, 6.45) is 5.88. The molecule has 72 valence electrons. The lowest BCUT2D eigenvalue weighted by Gasteiger charge is -2.07. The van der Waals surface area contributed by atoms with Crippen molar-refractivity contribution in [3.63, 3.8) is 0 Å². The van der Waals surface area contributed by atoms with E-state index in [9.17, 15) is 5.11 Å². The maximum atomic E-state index is 9.37. The summed E-state index contributed by atoms with van der Waals surface area (Å²) < 4.78 is 5.29. The Bertz CT molecular complexity index is 350. The van der Waals surface area contributed by atoms with E-state index in [0.717, 1.165) is 0 Å². The third-order valence-corrected chi connectivity index (χ3v) is 1.70. The third-order valence-electron chi connectivity index (χ3n) is 1.70. The molecule has 1 aromatic carbocycles. The largest absolute Gasteiger partial charge is 0.490 e. The maximum Gasteiger partial charge on any atom is 0.140 e. The van der Waals surface area contributed by atoms with Gasteiger partial charge in [-0.25, -0.2) is 0 Å². The van der Waals surface area contributed by atoms with Gasteiger partial charge in [0.05, 0.1) is 0 Å². The zero-order valence-corrected chi connectivity index (χ0v) is 7.81. The van der Waals surface area contributed by atoms with Crippen LogP contribution in [0.3, 0.4) is 0 Å². The quantitative estimate of drug-likeness (QED) is 0.577. The molecule has 0 aliphatic carbocycles. The predicted molar refractivity (Wildman–Crippen MR) is 55.9 cm³/mol. The summed E-state index contributed by atoms with van der Waals surface area (Å²) in [5.74, 6) is 2.92. The van der Waals surface area contributed by atoms with Gasteiger partial charge in [-0.15, -0.1) is 6.42 Å². The molecule has 0 fully saturated rings. The fourth-order valence-corrected chi connectivity index (χ4v) is 1.03. The Morgan fingerprint density at radius 2 is 2.43 bits per heavy atom. The highest BCUT2D eigenvalue weighted by Crippen LogP contribution is 2.18. The van der Waals surface area contributed by atoms with Crippen molar-refractivity contribution in [1.82, 2.24) is 0 Å². The van der Waals surface area contributed by atoms with E-state index in [2.05, 4.69) is 12.5 Å². The van der Waals surface area contributed by atoms with Crippen molar-refractivity contribution in [3.8, 4) is 18.1 Å². The summed E-state index contributed by atoms with van der Waals surface area (Å²) in [6, 6.07) is 7.06. The molecule has 0 aliphatic heterocycles. The van der Waals surface area contributed by atoms with Crippen LogP contribution in [0.5, 0.6) is 5.75 Å². The third kappa shape index (κ3) is 2.65. The summed E-state index contributed by atoms with van der Waals surface area (Å²) in [7, 11) is 0. The highest BCUT2D eigenvalue weighted by molar-refractivity contribution is 5.32. The number of rotatable bonds is 4. The standard InChI is InChI=1S/C12H12O2/c1-3-8-14-11-7-5-6-10(9-11)12(13)4-2/h2-3,5-7,9,12-13H,1,8H2. The number of benzene rings is 1. The van der Waals surface area contributed by atoms with Gasteiger partial charge in [-0.1, -0.05) is 30.7 Å². The fraction of sp³-hybridized carbons (Fsp3) is 0.167. The van der Waals surface area contributed by atoms with Crippen molar-refractivity contribution in [2.45, 2.75) is 6.10 Å². The molecule has 0 radical (unpaired) electrons. The van der Waals surface area contributed by atoms with E-state index in [0.29, 0.717) is 17.9 Å². The van der Waals surface area contributed by atoms with Crippen molar-refractivity contribution in [1.29, 1.82) is 0 Å². The Balaban J connectivity index is 2.79. The zero-order chi connectivity index (χ0) is 10.4. The summed E-state index contributed by atoms with van der Waals surface area (Å²) in [5.41, 5.74) is 0.661. The van der Waals surface area contributed by atoms with Gasteiger partial charge in [0.1, 0.15) is 18.5 Å². The number of aliphatic hydroxyl groups excluding tert-OH is 1. The molecule has 0 heterocycles. The van der Waals surface area contributed by atoms with Crippen LogP contribution in [0.15, 0.2) is 36.9 Å². The van der Waals surface area contributed by atoms with Gasteiger partial charge < -0.3 is 9.84 Å². The lowest BCUT2D eigenvalue weighted by atomic mass is 10.1. The molecule has 14 heavy (non-hydrogen) atoms. The zero-order valence-electron chi connectivity index (χ0n) is 7.81. The van der Waals surface area contributed by atoms with E-state index < -0.39 is 6.10 Å². The van der Waals surface area contributed by atoms with Crippen molar-refractivity contribution < 1.29 is 9.84 Å². The average molecular weight is 188 g/mol. The molecule has 1 rings (SSSR count). The molecule has 2 heteroatoms. The number of aliphatic hydroxyl groups is 1.